The summed E-state index contributed by atoms with van der Waals surface area (Å²) in [7, 11) is -4.22. The van der Waals surface area contributed by atoms with Crippen molar-refractivity contribution < 1.29 is 22.5 Å². The maximum absolute atomic E-state index is 11.5. The molecule has 0 aliphatic carbocycles. The van der Waals surface area contributed by atoms with Crippen LogP contribution in [0.3, 0.4) is 0 Å². The van der Waals surface area contributed by atoms with Crippen LogP contribution in [0.15, 0.2) is 29.2 Å². The standard InChI is InChI=1S/C11H14O5S.Na.H/c1-11(2,3)10(12)16-8-4-6-9(7-5-8)17(13,14)15;;/h4-7H,1-3H3,(H,13,14,15);;. The molecular weight excluding hydrogens is 267 g/mol. The van der Waals surface area contributed by atoms with Crippen molar-refractivity contribution in [3.8, 4) is 5.75 Å². The van der Waals surface area contributed by atoms with Crippen LogP contribution in [-0.4, -0.2) is 48.5 Å². The van der Waals surface area contributed by atoms with Gasteiger partial charge in [0.25, 0.3) is 10.1 Å². The third kappa shape index (κ3) is 5.07. The predicted octanol–water partition coefficient (Wildman–Crippen LogP) is 1.24. The molecule has 0 fully saturated rings. The van der Waals surface area contributed by atoms with Crippen molar-refractivity contribution in [2.45, 2.75) is 25.7 Å². The second-order valence-corrected chi connectivity index (χ2v) is 6.01. The van der Waals surface area contributed by atoms with Gasteiger partial charge in [-0.25, -0.2) is 0 Å². The quantitative estimate of drug-likeness (QED) is 0.382. The summed E-state index contributed by atoms with van der Waals surface area (Å²) in [6, 6.07) is 4.96. The van der Waals surface area contributed by atoms with Gasteiger partial charge in [0.05, 0.1) is 10.3 Å². The Morgan fingerprint density at radius 1 is 1.17 bits per heavy atom. The van der Waals surface area contributed by atoms with Gasteiger partial charge in [0, 0.05) is 0 Å². The third-order valence-corrected chi connectivity index (χ3v) is 2.81. The number of ether oxygens (including phenoxy) is 1. The number of carbonyl (C=O) groups excluding carboxylic acids is 1. The fourth-order valence-electron chi connectivity index (χ4n) is 0.940. The summed E-state index contributed by atoms with van der Waals surface area (Å²) in [6.45, 7) is 5.13. The minimum atomic E-state index is -4.22. The number of hydrogen-bond donors (Lipinski definition) is 1. The van der Waals surface area contributed by atoms with Crippen molar-refractivity contribution >= 4 is 45.6 Å². The molecule has 96 valence electrons. The first-order valence-corrected chi connectivity index (χ1v) is 6.34. The van der Waals surface area contributed by atoms with Crippen LogP contribution in [0.2, 0.25) is 0 Å². The van der Waals surface area contributed by atoms with Crippen molar-refractivity contribution in [1.82, 2.24) is 0 Å². The van der Waals surface area contributed by atoms with E-state index in [4.69, 9.17) is 9.29 Å². The van der Waals surface area contributed by atoms with E-state index in [1.54, 1.807) is 20.8 Å². The fraction of sp³-hybridized carbons (Fsp3) is 0.364. The van der Waals surface area contributed by atoms with Gasteiger partial charge in [0.2, 0.25) is 0 Å². The molecule has 0 aliphatic rings. The van der Waals surface area contributed by atoms with E-state index in [1.807, 2.05) is 0 Å². The first kappa shape index (κ1) is 17.6. The van der Waals surface area contributed by atoms with Gasteiger partial charge in [-0.15, -0.1) is 0 Å². The summed E-state index contributed by atoms with van der Waals surface area (Å²) in [5.74, 6) is -0.186. The molecule has 0 spiro atoms. The molecule has 1 rings (SSSR count). The number of carbonyl (C=O) groups is 1. The van der Waals surface area contributed by atoms with Gasteiger partial charge < -0.3 is 4.74 Å². The summed E-state index contributed by atoms with van der Waals surface area (Å²) in [4.78, 5) is 11.3. The molecule has 1 aromatic carbocycles. The molecule has 7 heteroatoms. The van der Waals surface area contributed by atoms with Gasteiger partial charge in [0.1, 0.15) is 5.75 Å². The van der Waals surface area contributed by atoms with E-state index < -0.39 is 21.5 Å². The molecule has 0 bridgehead atoms. The first-order chi connectivity index (χ1) is 7.60. The first-order valence-electron chi connectivity index (χ1n) is 4.90. The Kier molecular flexibility index (Phi) is 6.03. The Hall–Kier alpha value is -0.400. The normalized spacial score (nSPS) is 11.6. The molecule has 0 aliphatic heterocycles. The molecule has 0 saturated carbocycles. The van der Waals surface area contributed by atoms with Gasteiger partial charge in [-0.3, -0.25) is 9.35 Å². The van der Waals surface area contributed by atoms with Gasteiger partial charge in [-0.1, -0.05) is 0 Å². The molecule has 0 amide bonds. The van der Waals surface area contributed by atoms with Gasteiger partial charge in [0.15, 0.2) is 0 Å². The van der Waals surface area contributed by atoms with Gasteiger partial charge in [-0.05, 0) is 45.0 Å². The van der Waals surface area contributed by atoms with E-state index in [-0.39, 0.29) is 40.2 Å². The predicted molar refractivity (Wildman–Crippen MR) is 68.5 cm³/mol. The number of hydrogen-bond acceptors (Lipinski definition) is 4. The minimum absolute atomic E-state index is 0. The molecule has 1 N–H and O–H groups in total. The summed E-state index contributed by atoms with van der Waals surface area (Å²) in [5, 5.41) is 0. The summed E-state index contributed by atoms with van der Waals surface area (Å²) in [6.07, 6.45) is 0. The van der Waals surface area contributed by atoms with Crippen molar-refractivity contribution in [1.29, 1.82) is 0 Å². The zero-order valence-corrected chi connectivity index (χ0v) is 10.6. The van der Waals surface area contributed by atoms with E-state index in [2.05, 4.69) is 0 Å². The Labute approximate surface area is 129 Å². The second-order valence-electron chi connectivity index (χ2n) is 4.59. The van der Waals surface area contributed by atoms with Crippen LogP contribution in [0, 0.1) is 5.41 Å². The molecule has 5 nitrogen and oxygen atoms in total. The molecule has 0 aromatic heterocycles. The van der Waals surface area contributed by atoms with Crippen LogP contribution in [0.25, 0.3) is 0 Å². The summed E-state index contributed by atoms with van der Waals surface area (Å²) >= 11 is 0. The zero-order chi connectivity index (χ0) is 13.3. The Balaban J connectivity index is 0.00000289. The van der Waals surface area contributed by atoms with Crippen molar-refractivity contribution in [3.63, 3.8) is 0 Å². The van der Waals surface area contributed by atoms with Crippen LogP contribution in [0.1, 0.15) is 20.8 Å². The number of benzene rings is 1. The second kappa shape index (κ2) is 6.16. The van der Waals surface area contributed by atoms with Crippen LogP contribution >= 0.6 is 0 Å². The summed E-state index contributed by atoms with van der Waals surface area (Å²) < 4.78 is 35.3. The van der Waals surface area contributed by atoms with Gasteiger partial charge in [-0.2, -0.15) is 8.42 Å². The van der Waals surface area contributed by atoms with Crippen molar-refractivity contribution in [3.05, 3.63) is 24.3 Å². The zero-order valence-electron chi connectivity index (χ0n) is 9.80. The Morgan fingerprint density at radius 2 is 1.61 bits per heavy atom. The van der Waals surface area contributed by atoms with Crippen LogP contribution in [0.5, 0.6) is 5.75 Å². The number of esters is 1. The monoisotopic (exact) mass is 282 g/mol. The topological polar surface area (TPSA) is 80.7 Å². The van der Waals surface area contributed by atoms with Gasteiger partial charge >= 0.3 is 35.5 Å². The molecule has 0 radical (unpaired) electrons. The van der Waals surface area contributed by atoms with Crippen LogP contribution in [0.4, 0.5) is 0 Å². The Bertz CT molecular complexity index is 513. The SMILES string of the molecule is CC(C)(C)C(=O)Oc1ccc(S(=O)(=O)O)cc1.[NaH]. The molecule has 1 aromatic rings. The molecular formula is C11H15NaO5S. The van der Waals surface area contributed by atoms with Crippen LogP contribution < -0.4 is 4.74 Å². The average Bonchev–Trinajstić information content (AvgIpc) is 2.15. The molecule has 18 heavy (non-hydrogen) atoms. The van der Waals surface area contributed by atoms with Crippen LogP contribution in [-0.2, 0) is 14.9 Å². The average molecular weight is 282 g/mol. The molecule has 0 unspecified atom stereocenters. The molecule has 0 saturated heterocycles. The van der Waals surface area contributed by atoms with E-state index in [0.29, 0.717) is 0 Å². The van der Waals surface area contributed by atoms with E-state index in [9.17, 15) is 13.2 Å². The molecule has 0 heterocycles. The van der Waals surface area contributed by atoms with Crippen molar-refractivity contribution in [2.75, 3.05) is 0 Å². The van der Waals surface area contributed by atoms with E-state index in [1.165, 1.54) is 24.3 Å². The van der Waals surface area contributed by atoms with E-state index in [0.717, 1.165) is 0 Å². The third-order valence-electron chi connectivity index (χ3n) is 1.94. The van der Waals surface area contributed by atoms with E-state index >= 15 is 0 Å². The number of rotatable bonds is 2. The summed E-state index contributed by atoms with van der Waals surface area (Å²) in [5.41, 5.74) is -0.637. The Morgan fingerprint density at radius 3 is 1.94 bits per heavy atom. The maximum atomic E-state index is 11.5. The van der Waals surface area contributed by atoms with Crippen molar-refractivity contribution in [2.24, 2.45) is 5.41 Å². The molecule has 0 atom stereocenters. The fourth-order valence-corrected chi connectivity index (χ4v) is 1.42.